The Bertz CT molecular complexity index is 1120. The van der Waals surface area contributed by atoms with Crippen LogP contribution in [0.4, 0.5) is 29.5 Å². The zero-order valence-electron chi connectivity index (χ0n) is 19.6. The summed E-state index contributed by atoms with van der Waals surface area (Å²) in [6, 6.07) is 3.99. The van der Waals surface area contributed by atoms with Gasteiger partial charge in [-0.05, 0) is 38.3 Å². The maximum atomic E-state index is 12.7. The molecule has 3 unspecified atom stereocenters. The Labute approximate surface area is 204 Å². The Morgan fingerprint density at radius 3 is 2.81 bits per heavy atom. The average Bonchev–Trinajstić information content (AvgIpc) is 3.29. The number of hydrogen-bond acceptors (Lipinski definition) is 7. The van der Waals surface area contributed by atoms with E-state index in [0.717, 1.165) is 18.9 Å². The fourth-order valence-corrected chi connectivity index (χ4v) is 4.38. The van der Waals surface area contributed by atoms with Gasteiger partial charge < -0.3 is 25.0 Å². The monoisotopic (exact) mass is 508 g/mol. The molecule has 0 bridgehead atoms. The quantitative estimate of drug-likeness (QED) is 0.547. The van der Waals surface area contributed by atoms with Gasteiger partial charge in [-0.3, -0.25) is 9.89 Å². The van der Waals surface area contributed by atoms with Crippen LogP contribution in [-0.4, -0.2) is 58.5 Å². The summed E-state index contributed by atoms with van der Waals surface area (Å²) in [7, 11) is 0. The number of nitrogens with one attached hydrogen (secondary N) is 3. The number of amides is 2. The SMILES string of the molecule is CC1(NC(=O)OC2COC(c3cc(NC(=O)C4CCN(c5ccc(C(F)(F)F)nc5)C4)n[nH]3)C2)CC1. The van der Waals surface area contributed by atoms with E-state index in [1.807, 2.05) is 11.8 Å². The van der Waals surface area contributed by atoms with Gasteiger partial charge >= 0.3 is 12.3 Å². The highest BCUT2D eigenvalue weighted by Gasteiger charge is 2.40. The van der Waals surface area contributed by atoms with Crippen LogP contribution >= 0.6 is 0 Å². The molecule has 4 heterocycles. The summed E-state index contributed by atoms with van der Waals surface area (Å²) < 4.78 is 49.4. The lowest BCUT2D eigenvalue weighted by Gasteiger charge is -2.18. The Morgan fingerprint density at radius 1 is 1.31 bits per heavy atom. The molecule has 1 saturated carbocycles. The number of carbonyl (C=O) groups excluding carboxylic acids is 2. The molecule has 0 aromatic carbocycles. The largest absolute Gasteiger partial charge is 0.444 e. The van der Waals surface area contributed by atoms with Gasteiger partial charge in [0.25, 0.3) is 0 Å². The Balaban J connectivity index is 1.10. The number of pyridine rings is 1. The molecule has 36 heavy (non-hydrogen) atoms. The number of halogens is 3. The van der Waals surface area contributed by atoms with Crippen LogP contribution in [0.15, 0.2) is 24.4 Å². The second-order valence-corrected chi connectivity index (χ2v) is 9.80. The number of nitrogens with zero attached hydrogens (tertiary/aromatic N) is 3. The molecular weight excluding hydrogens is 481 g/mol. The first-order valence-electron chi connectivity index (χ1n) is 11.8. The number of aromatic amines is 1. The van der Waals surface area contributed by atoms with E-state index in [9.17, 15) is 22.8 Å². The van der Waals surface area contributed by atoms with Crippen molar-refractivity contribution in [2.24, 2.45) is 5.92 Å². The summed E-state index contributed by atoms with van der Waals surface area (Å²) in [4.78, 5) is 30.1. The van der Waals surface area contributed by atoms with E-state index in [2.05, 4.69) is 25.8 Å². The number of aromatic nitrogens is 3. The van der Waals surface area contributed by atoms with Gasteiger partial charge in [-0.15, -0.1) is 0 Å². The summed E-state index contributed by atoms with van der Waals surface area (Å²) in [5.74, 6) is -0.231. The summed E-state index contributed by atoms with van der Waals surface area (Å²) >= 11 is 0. The smallest absolute Gasteiger partial charge is 0.433 e. The first kappa shape index (κ1) is 24.3. The molecule has 13 heteroatoms. The highest BCUT2D eigenvalue weighted by molar-refractivity contribution is 5.92. The zero-order chi connectivity index (χ0) is 25.5. The maximum Gasteiger partial charge on any atom is 0.433 e. The van der Waals surface area contributed by atoms with Crippen LogP contribution in [0.3, 0.4) is 0 Å². The minimum absolute atomic E-state index is 0.155. The average molecular weight is 509 g/mol. The van der Waals surface area contributed by atoms with E-state index in [0.29, 0.717) is 43.1 Å². The third kappa shape index (κ3) is 5.55. The standard InChI is InChI=1S/C23H27F3N6O4/c1-22(5-6-22)29-21(34)36-15-8-17(35-12-15)16-9-19(31-30-16)28-20(33)13-4-7-32(11-13)14-2-3-18(27-10-14)23(24,25)26/h2-3,9-10,13,15,17H,4-8,11-12H2,1H3,(H,29,34)(H2,28,30,31,33). The van der Waals surface area contributed by atoms with Gasteiger partial charge in [-0.2, -0.15) is 18.3 Å². The van der Waals surface area contributed by atoms with Gasteiger partial charge in [-0.1, -0.05) is 0 Å². The number of anilines is 2. The van der Waals surface area contributed by atoms with Gasteiger partial charge in [0.2, 0.25) is 5.91 Å². The van der Waals surface area contributed by atoms with Crippen LogP contribution in [0.2, 0.25) is 0 Å². The van der Waals surface area contributed by atoms with E-state index in [-0.39, 0.29) is 36.2 Å². The van der Waals surface area contributed by atoms with Crippen LogP contribution in [0.1, 0.15) is 50.1 Å². The summed E-state index contributed by atoms with van der Waals surface area (Å²) in [6.45, 7) is 3.13. The molecule has 2 aliphatic heterocycles. The molecule has 2 amide bonds. The van der Waals surface area contributed by atoms with Crippen molar-refractivity contribution in [3.05, 3.63) is 35.8 Å². The van der Waals surface area contributed by atoms with E-state index < -0.39 is 18.0 Å². The second kappa shape index (κ2) is 9.26. The van der Waals surface area contributed by atoms with Crippen molar-refractivity contribution in [2.75, 3.05) is 29.9 Å². The van der Waals surface area contributed by atoms with E-state index in [4.69, 9.17) is 9.47 Å². The molecule has 5 rings (SSSR count). The van der Waals surface area contributed by atoms with Crippen LogP contribution in [0.5, 0.6) is 0 Å². The zero-order valence-corrected chi connectivity index (χ0v) is 19.6. The first-order chi connectivity index (χ1) is 17.1. The van der Waals surface area contributed by atoms with Crippen molar-refractivity contribution < 1.29 is 32.2 Å². The van der Waals surface area contributed by atoms with Crippen molar-refractivity contribution in [2.45, 2.75) is 56.5 Å². The number of carbonyl (C=O) groups is 2. The van der Waals surface area contributed by atoms with Crippen LogP contribution in [0.25, 0.3) is 0 Å². The summed E-state index contributed by atoms with van der Waals surface area (Å²) in [5.41, 5.74) is 0.0940. The van der Waals surface area contributed by atoms with Crippen LogP contribution < -0.4 is 15.5 Å². The fourth-order valence-electron chi connectivity index (χ4n) is 4.38. The number of alkyl carbamates (subject to hydrolysis) is 1. The number of H-pyrrole nitrogens is 1. The lowest BCUT2D eigenvalue weighted by atomic mass is 10.1. The molecule has 2 aromatic rings. The molecule has 3 fully saturated rings. The predicted octanol–water partition coefficient (Wildman–Crippen LogP) is 3.40. The lowest BCUT2D eigenvalue weighted by Crippen LogP contribution is -2.37. The number of ether oxygens (including phenoxy) is 2. The molecule has 0 spiro atoms. The fraction of sp³-hybridized carbons (Fsp3) is 0.565. The highest BCUT2D eigenvalue weighted by atomic mass is 19.4. The molecule has 10 nitrogen and oxygen atoms in total. The minimum Gasteiger partial charge on any atom is -0.444 e. The van der Waals surface area contributed by atoms with Gasteiger partial charge in [0.05, 0.1) is 30.1 Å². The minimum atomic E-state index is -4.49. The third-order valence-corrected chi connectivity index (χ3v) is 6.80. The van der Waals surface area contributed by atoms with Crippen molar-refractivity contribution in [1.82, 2.24) is 20.5 Å². The van der Waals surface area contributed by atoms with Crippen molar-refractivity contribution >= 4 is 23.5 Å². The molecule has 1 aliphatic carbocycles. The number of hydrogen-bond donors (Lipinski definition) is 3. The van der Waals surface area contributed by atoms with E-state index in [1.165, 1.54) is 12.3 Å². The summed E-state index contributed by atoms with van der Waals surface area (Å²) in [5, 5.41) is 12.6. The summed E-state index contributed by atoms with van der Waals surface area (Å²) in [6.07, 6.45) is -1.56. The molecule has 3 aliphatic rings. The molecule has 2 saturated heterocycles. The molecule has 3 atom stereocenters. The predicted molar refractivity (Wildman–Crippen MR) is 121 cm³/mol. The van der Waals surface area contributed by atoms with Crippen LogP contribution in [0, 0.1) is 5.92 Å². The van der Waals surface area contributed by atoms with E-state index in [1.54, 1.807) is 6.07 Å². The van der Waals surface area contributed by atoms with Crippen molar-refractivity contribution in [3.8, 4) is 0 Å². The van der Waals surface area contributed by atoms with E-state index >= 15 is 0 Å². The molecule has 194 valence electrons. The second-order valence-electron chi connectivity index (χ2n) is 9.80. The normalized spacial score (nSPS) is 25.0. The third-order valence-electron chi connectivity index (χ3n) is 6.80. The molecule has 3 N–H and O–H groups in total. The Morgan fingerprint density at radius 2 is 2.11 bits per heavy atom. The molecule has 0 radical (unpaired) electrons. The number of rotatable bonds is 6. The van der Waals surface area contributed by atoms with Gasteiger partial charge in [0.15, 0.2) is 5.82 Å². The van der Waals surface area contributed by atoms with Crippen molar-refractivity contribution in [3.63, 3.8) is 0 Å². The first-order valence-corrected chi connectivity index (χ1v) is 11.8. The lowest BCUT2D eigenvalue weighted by molar-refractivity contribution is -0.141. The number of alkyl halides is 3. The van der Waals surface area contributed by atoms with Gasteiger partial charge in [-0.25, -0.2) is 9.78 Å². The van der Waals surface area contributed by atoms with Crippen molar-refractivity contribution in [1.29, 1.82) is 0 Å². The highest BCUT2D eigenvalue weighted by Crippen LogP contribution is 2.35. The van der Waals surface area contributed by atoms with Gasteiger partial charge in [0, 0.05) is 31.1 Å². The maximum absolute atomic E-state index is 12.7. The van der Waals surface area contributed by atoms with Gasteiger partial charge in [0.1, 0.15) is 17.9 Å². The Kier molecular flexibility index (Phi) is 6.27. The molecule has 2 aromatic heterocycles. The topological polar surface area (TPSA) is 121 Å². The van der Waals surface area contributed by atoms with Crippen LogP contribution in [-0.2, 0) is 20.4 Å². The molecular formula is C23H27F3N6O4. The Hall–Kier alpha value is -3.35.